The summed E-state index contributed by atoms with van der Waals surface area (Å²) in [6, 6.07) is 0.217. The lowest BCUT2D eigenvalue weighted by atomic mass is 9.79. The van der Waals surface area contributed by atoms with Crippen molar-refractivity contribution in [3.8, 4) is 0 Å². The molecular weight excluding hydrogens is 260 g/mol. The largest absolute Gasteiger partial charge is 0.342 e. The van der Waals surface area contributed by atoms with Crippen LogP contribution >= 0.6 is 12.4 Å². The Hall–Kier alpha value is -0.280. The van der Waals surface area contributed by atoms with Gasteiger partial charge in [0, 0.05) is 25.6 Å². The van der Waals surface area contributed by atoms with E-state index in [2.05, 4.69) is 34.6 Å². The quantitative estimate of drug-likeness (QED) is 0.865. The van der Waals surface area contributed by atoms with Crippen molar-refractivity contribution in [2.45, 2.75) is 59.9 Å². The van der Waals surface area contributed by atoms with E-state index in [1.165, 1.54) is 0 Å². The molecule has 2 atom stereocenters. The SMILES string of the molecule is CC(C)CC(C)CC(=O)N1CCC(N)C(C)(C)C1.Cl. The minimum absolute atomic E-state index is 0. The highest BCUT2D eigenvalue weighted by Gasteiger charge is 2.35. The lowest BCUT2D eigenvalue weighted by Crippen LogP contribution is -2.54. The van der Waals surface area contributed by atoms with E-state index in [0.717, 1.165) is 25.9 Å². The number of amides is 1. The Morgan fingerprint density at radius 2 is 1.95 bits per heavy atom. The summed E-state index contributed by atoms with van der Waals surface area (Å²) in [5.74, 6) is 1.46. The van der Waals surface area contributed by atoms with E-state index in [-0.39, 0.29) is 23.9 Å². The molecular formula is C15H31ClN2O. The number of hydrogen-bond donors (Lipinski definition) is 1. The van der Waals surface area contributed by atoms with Gasteiger partial charge in [0.1, 0.15) is 0 Å². The Morgan fingerprint density at radius 1 is 1.37 bits per heavy atom. The van der Waals surface area contributed by atoms with Gasteiger partial charge in [-0.1, -0.05) is 34.6 Å². The molecule has 0 bridgehead atoms. The second-order valence-corrected chi connectivity index (χ2v) is 7.14. The van der Waals surface area contributed by atoms with E-state index in [4.69, 9.17) is 5.73 Å². The minimum Gasteiger partial charge on any atom is -0.342 e. The number of likely N-dealkylation sites (tertiary alicyclic amines) is 1. The summed E-state index contributed by atoms with van der Waals surface area (Å²) in [7, 11) is 0. The maximum Gasteiger partial charge on any atom is 0.222 e. The van der Waals surface area contributed by atoms with Crippen molar-refractivity contribution >= 4 is 18.3 Å². The van der Waals surface area contributed by atoms with Crippen LogP contribution in [0, 0.1) is 17.3 Å². The van der Waals surface area contributed by atoms with E-state index >= 15 is 0 Å². The Morgan fingerprint density at radius 3 is 2.42 bits per heavy atom. The fourth-order valence-corrected chi connectivity index (χ4v) is 2.90. The molecule has 1 rings (SSSR count). The molecule has 1 aliphatic rings. The normalized spacial score (nSPS) is 23.9. The summed E-state index contributed by atoms with van der Waals surface area (Å²) in [5, 5.41) is 0. The highest BCUT2D eigenvalue weighted by molar-refractivity contribution is 5.85. The van der Waals surface area contributed by atoms with Gasteiger partial charge < -0.3 is 10.6 Å². The Balaban J connectivity index is 0.00000324. The van der Waals surface area contributed by atoms with Gasteiger partial charge in [0.2, 0.25) is 5.91 Å². The Bertz CT molecular complexity index is 292. The molecule has 1 heterocycles. The molecule has 0 radical (unpaired) electrons. The average Bonchev–Trinajstić information content (AvgIpc) is 2.20. The van der Waals surface area contributed by atoms with Crippen molar-refractivity contribution in [3.63, 3.8) is 0 Å². The zero-order valence-corrected chi connectivity index (χ0v) is 13.9. The molecule has 0 aromatic heterocycles. The molecule has 3 nitrogen and oxygen atoms in total. The number of hydrogen-bond acceptors (Lipinski definition) is 2. The first-order valence-corrected chi connectivity index (χ1v) is 7.25. The second kappa shape index (κ2) is 7.49. The topological polar surface area (TPSA) is 46.3 Å². The maximum atomic E-state index is 12.3. The number of rotatable bonds is 4. The number of carbonyl (C=O) groups is 1. The predicted octanol–water partition coefficient (Wildman–Crippen LogP) is 3.07. The van der Waals surface area contributed by atoms with Gasteiger partial charge in [0.05, 0.1) is 0 Å². The van der Waals surface area contributed by atoms with Gasteiger partial charge in [0.15, 0.2) is 0 Å². The van der Waals surface area contributed by atoms with Crippen LogP contribution in [0.15, 0.2) is 0 Å². The van der Waals surface area contributed by atoms with Crippen LogP contribution in [0.4, 0.5) is 0 Å². The molecule has 2 unspecified atom stereocenters. The molecule has 0 aliphatic carbocycles. The predicted molar refractivity (Wildman–Crippen MR) is 83.4 cm³/mol. The van der Waals surface area contributed by atoms with Crippen LogP contribution in [0.3, 0.4) is 0 Å². The third kappa shape index (κ3) is 5.70. The molecule has 1 amide bonds. The van der Waals surface area contributed by atoms with Crippen LogP contribution in [-0.4, -0.2) is 29.9 Å². The highest BCUT2D eigenvalue weighted by atomic mass is 35.5. The van der Waals surface area contributed by atoms with Crippen molar-refractivity contribution in [1.82, 2.24) is 4.90 Å². The standard InChI is InChI=1S/C15H30N2O.ClH/c1-11(2)8-12(3)9-14(18)17-7-6-13(16)15(4,5)10-17;/h11-13H,6-10,16H2,1-5H3;1H. The van der Waals surface area contributed by atoms with Crippen LogP contribution in [0.2, 0.25) is 0 Å². The second-order valence-electron chi connectivity index (χ2n) is 7.14. The van der Waals surface area contributed by atoms with Gasteiger partial charge in [-0.25, -0.2) is 0 Å². The molecule has 0 spiro atoms. The van der Waals surface area contributed by atoms with Gasteiger partial charge in [0.25, 0.3) is 0 Å². The number of nitrogens with two attached hydrogens (primary N) is 1. The lowest BCUT2D eigenvalue weighted by molar-refractivity contribution is -0.135. The number of nitrogens with zero attached hydrogens (tertiary/aromatic N) is 1. The molecule has 2 N–H and O–H groups in total. The first kappa shape index (κ1) is 18.7. The lowest BCUT2D eigenvalue weighted by Gasteiger charge is -2.43. The summed E-state index contributed by atoms with van der Waals surface area (Å²) in [6.07, 6.45) is 2.74. The van der Waals surface area contributed by atoms with Crippen LogP contribution < -0.4 is 5.73 Å². The molecule has 19 heavy (non-hydrogen) atoms. The fraction of sp³-hybridized carbons (Fsp3) is 0.933. The summed E-state index contributed by atoms with van der Waals surface area (Å²) in [4.78, 5) is 14.3. The first-order chi connectivity index (χ1) is 8.22. The van der Waals surface area contributed by atoms with Gasteiger partial charge in [-0.2, -0.15) is 0 Å². The van der Waals surface area contributed by atoms with Crippen molar-refractivity contribution in [2.24, 2.45) is 23.0 Å². The molecule has 4 heteroatoms. The van der Waals surface area contributed by atoms with E-state index in [1.54, 1.807) is 0 Å². The van der Waals surface area contributed by atoms with Crippen LogP contribution in [-0.2, 0) is 4.79 Å². The number of carbonyl (C=O) groups excluding carboxylic acids is 1. The number of halogens is 1. The van der Waals surface area contributed by atoms with Crippen LogP contribution in [0.1, 0.15) is 53.9 Å². The average molecular weight is 291 g/mol. The summed E-state index contributed by atoms with van der Waals surface area (Å²) < 4.78 is 0. The van der Waals surface area contributed by atoms with E-state index in [0.29, 0.717) is 24.2 Å². The van der Waals surface area contributed by atoms with Crippen molar-refractivity contribution in [2.75, 3.05) is 13.1 Å². The van der Waals surface area contributed by atoms with Crippen LogP contribution in [0.5, 0.6) is 0 Å². The Labute approximate surface area is 124 Å². The molecule has 0 aromatic carbocycles. The van der Waals surface area contributed by atoms with Crippen molar-refractivity contribution in [3.05, 3.63) is 0 Å². The van der Waals surface area contributed by atoms with Gasteiger partial charge in [-0.3, -0.25) is 4.79 Å². The number of piperidine rings is 1. The third-order valence-corrected chi connectivity index (χ3v) is 4.06. The van der Waals surface area contributed by atoms with Crippen molar-refractivity contribution in [1.29, 1.82) is 0 Å². The molecule has 0 aromatic rings. The zero-order chi connectivity index (χ0) is 13.9. The third-order valence-electron chi connectivity index (χ3n) is 4.06. The zero-order valence-electron chi connectivity index (χ0n) is 13.1. The van der Waals surface area contributed by atoms with E-state index in [9.17, 15) is 4.79 Å². The smallest absolute Gasteiger partial charge is 0.222 e. The molecule has 1 aliphatic heterocycles. The van der Waals surface area contributed by atoms with E-state index in [1.807, 2.05) is 4.90 Å². The molecule has 0 saturated carbocycles. The maximum absolute atomic E-state index is 12.3. The van der Waals surface area contributed by atoms with Crippen LogP contribution in [0.25, 0.3) is 0 Å². The molecule has 114 valence electrons. The molecule has 1 saturated heterocycles. The molecule has 1 fully saturated rings. The van der Waals surface area contributed by atoms with E-state index < -0.39 is 0 Å². The monoisotopic (exact) mass is 290 g/mol. The minimum atomic E-state index is 0. The highest BCUT2D eigenvalue weighted by Crippen LogP contribution is 2.28. The van der Waals surface area contributed by atoms with Gasteiger partial charge >= 0.3 is 0 Å². The van der Waals surface area contributed by atoms with Gasteiger partial charge in [-0.15, -0.1) is 12.4 Å². The summed E-state index contributed by atoms with van der Waals surface area (Å²) in [5.41, 5.74) is 6.15. The summed E-state index contributed by atoms with van der Waals surface area (Å²) >= 11 is 0. The summed E-state index contributed by atoms with van der Waals surface area (Å²) in [6.45, 7) is 12.6. The Kier molecular flexibility index (Phi) is 7.38. The fourth-order valence-electron chi connectivity index (χ4n) is 2.90. The first-order valence-electron chi connectivity index (χ1n) is 7.25. The van der Waals surface area contributed by atoms with Gasteiger partial charge in [-0.05, 0) is 30.1 Å². The van der Waals surface area contributed by atoms with Crippen molar-refractivity contribution < 1.29 is 4.79 Å².